The van der Waals surface area contributed by atoms with Crippen molar-refractivity contribution in [3.05, 3.63) is 29.1 Å². The number of benzene rings is 1. The standard InChI is InChI=1S/C16H19FO2Si/c1-16(2)8-10-11(17)7-12-9(14(10)15(16)18)6-13(19-12)20(3,4)5/h6-7H,8H2,1-5H3. The van der Waals surface area contributed by atoms with Crippen LogP contribution in [0.2, 0.25) is 19.6 Å². The van der Waals surface area contributed by atoms with Gasteiger partial charge < -0.3 is 4.42 Å². The Bertz CT molecular complexity index is 735. The quantitative estimate of drug-likeness (QED) is 0.746. The van der Waals surface area contributed by atoms with Crippen LogP contribution < -0.4 is 5.38 Å². The number of hydrogen-bond donors (Lipinski definition) is 0. The molecular weight excluding hydrogens is 271 g/mol. The smallest absolute Gasteiger partial charge is 0.169 e. The van der Waals surface area contributed by atoms with Crippen molar-refractivity contribution in [1.29, 1.82) is 0 Å². The van der Waals surface area contributed by atoms with Crippen molar-refractivity contribution in [2.45, 2.75) is 39.9 Å². The van der Waals surface area contributed by atoms with E-state index < -0.39 is 13.5 Å². The van der Waals surface area contributed by atoms with Crippen LogP contribution in [0.3, 0.4) is 0 Å². The Labute approximate surface area is 119 Å². The van der Waals surface area contributed by atoms with E-state index in [0.29, 0.717) is 23.1 Å². The third kappa shape index (κ3) is 1.78. The molecule has 2 nitrogen and oxygen atoms in total. The first-order valence-electron chi connectivity index (χ1n) is 6.91. The average molecular weight is 290 g/mol. The summed E-state index contributed by atoms with van der Waals surface area (Å²) in [5, 5.41) is 1.70. The third-order valence-electron chi connectivity index (χ3n) is 4.08. The van der Waals surface area contributed by atoms with Gasteiger partial charge in [0, 0.05) is 28.0 Å². The van der Waals surface area contributed by atoms with Gasteiger partial charge in [0.25, 0.3) is 0 Å². The maximum absolute atomic E-state index is 14.2. The first-order chi connectivity index (χ1) is 9.11. The van der Waals surface area contributed by atoms with Crippen LogP contribution in [0.1, 0.15) is 29.8 Å². The summed E-state index contributed by atoms with van der Waals surface area (Å²) >= 11 is 0. The summed E-state index contributed by atoms with van der Waals surface area (Å²) < 4.78 is 20.1. The molecule has 0 fully saturated rings. The Hall–Kier alpha value is -1.42. The number of halogens is 1. The second kappa shape index (κ2) is 3.82. The minimum Gasteiger partial charge on any atom is -0.466 e. The molecule has 106 valence electrons. The van der Waals surface area contributed by atoms with E-state index in [-0.39, 0.29) is 11.6 Å². The number of carbonyl (C=O) groups excluding carboxylic acids is 1. The molecule has 0 amide bonds. The van der Waals surface area contributed by atoms with Crippen LogP contribution in [0.5, 0.6) is 0 Å². The minimum absolute atomic E-state index is 0.0277. The second-order valence-corrected chi connectivity index (χ2v) is 12.4. The molecule has 1 heterocycles. The highest BCUT2D eigenvalue weighted by molar-refractivity contribution is 6.87. The van der Waals surface area contributed by atoms with Gasteiger partial charge in [-0.15, -0.1) is 0 Å². The highest BCUT2D eigenvalue weighted by Gasteiger charge is 2.41. The van der Waals surface area contributed by atoms with Crippen molar-refractivity contribution in [3.8, 4) is 0 Å². The van der Waals surface area contributed by atoms with Gasteiger partial charge in [-0.25, -0.2) is 4.39 Å². The predicted molar refractivity (Wildman–Crippen MR) is 81.0 cm³/mol. The van der Waals surface area contributed by atoms with Gasteiger partial charge in [-0.1, -0.05) is 33.5 Å². The van der Waals surface area contributed by atoms with Gasteiger partial charge in [-0.2, -0.15) is 0 Å². The van der Waals surface area contributed by atoms with E-state index in [2.05, 4.69) is 19.6 Å². The van der Waals surface area contributed by atoms with E-state index >= 15 is 0 Å². The average Bonchev–Trinajstić information content (AvgIpc) is 2.80. The lowest BCUT2D eigenvalue weighted by Gasteiger charge is -2.13. The number of carbonyl (C=O) groups is 1. The zero-order chi connectivity index (χ0) is 14.9. The van der Waals surface area contributed by atoms with E-state index in [1.807, 2.05) is 19.9 Å². The molecule has 3 rings (SSSR count). The van der Waals surface area contributed by atoms with Crippen LogP contribution in [0.25, 0.3) is 11.0 Å². The van der Waals surface area contributed by atoms with Crippen molar-refractivity contribution in [2.24, 2.45) is 5.41 Å². The molecule has 1 aromatic carbocycles. The molecule has 20 heavy (non-hydrogen) atoms. The largest absolute Gasteiger partial charge is 0.466 e. The van der Waals surface area contributed by atoms with Crippen LogP contribution in [0, 0.1) is 11.2 Å². The normalized spacial score (nSPS) is 17.8. The first kappa shape index (κ1) is 13.6. The van der Waals surface area contributed by atoms with E-state index in [9.17, 15) is 9.18 Å². The van der Waals surface area contributed by atoms with E-state index in [4.69, 9.17) is 4.42 Å². The van der Waals surface area contributed by atoms with Gasteiger partial charge in [0.05, 0.1) is 5.38 Å². The molecule has 1 aliphatic carbocycles. The van der Waals surface area contributed by atoms with Crippen LogP contribution >= 0.6 is 0 Å². The molecule has 0 unspecified atom stereocenters. The number of Topliss-reactive ketones (excluding diaryl/α,β-unsaturated/α-hetero) is 1. The number of ketones is 1. The van der Waals surface area contributed by atoms with Crippen molar-refractivity contribution < 1.29 is 13.6 Å². The molecule has 0 N–H and O–H groups in total. The molecule has 4 heteroatoms. The maximum Gasteiger partial charge on any atom is 0.169 e. The van der Waals surface area contributed by atoms with Crippen LogP contribution in [0.15, 0.2) is 16.5 Å². The van der Waals surface area contributed by atoms with Crippen molar-refractivity contribution in [2.75, 3.05) is 0 Å². The molecule has 0 spiro atoms. The zero-order valence-electron chi connectivity index (χ0n) is 12.6. The van der Waals surface area contributed by atoms with Gasteiger partial charge in [0.1, 0.15) is 19.5 Å². The lowest BCUT2D eigenvalue weighted by molar-refractivity contribution is 0.0865. The van der Waals surface area contributed by atoms with Crippen LogP contribution in [-0.2, 0) is 6.42 Å². The predicted octanol–water partition coefficient (Wildman–Crippen LogP) is 3.88. The molecule has 0 atom stereocenters. The Balaban J connectivity index is 2.34. The van der Waals surface area contributed by atoms with Gasteiger partial charge in [-0.05, 0) is 12.5 Å². The molecular formula is C16H19FO2Si. The molecule has 0 aliphatic heterocycles. The Morgan fingerprint density at radius 3 is 2.50 bits per heavy atom. The second-order valence-electron chi connectivity index (χ2n) is 7.37. The fourth-order valence-corrected chi connectivity index (χ4v) is 3.85. The molecule has 2 aromatic rings. The van der Waals surface area contributed by atoms with Gasteiger partial charge in [-0.3, -0.25) is 4.79 Å². The van der Waals surface area contributed by atoms with Crippen molar-refractivity contribution >= 4 is 30.2 Å². The minimum atomic E-state index is -1.62. The summed E-state index contributed by atoms with van der Waals surface area (Å²) in [4.78, 5) is 12.5. The third-order valence-corrected chi connectivity index (χ3v) is 5.80. The molecule has 1 aliphatic rings. The SMILES string of the molecule is CC1(C)Cc2c(F)cc3oc([Si](C)(C)C)cc3c2C1=O. The fourth-order valence-electron chi connectivity index (χ4n) is 2.85. The van der Waals surface area contributed by atoms with E-state index in [1.54, 1.807) is 0 Å². The molecule has 0 saturated heterocycles. The summed E-state index contributed by atoms with van der Waals surface area (Å²) in [7, 11) is -1.62. The summed E-state index contributed by atoms with van der Waals surface area (Å²) in [6.45, 7) is 10.3. The summed E-state index contributed by atoms with van der Waals surface area (Å²) in [5.74, 6) is -0.289. The zero-order valence-corrected chi connectivity index (χ0v) is 13.6. The topological polar surface area (TPSA) is 30.2 Å². The molecule has 0 bridgehead atoms. The van der Waals surface area contributed by atoms with Crippen molar-refractivity contribution in [3.63, 3.8) is 0 Å². The number of hydrogen-bond acceptors (Lipinski definition) is 2. The van der Waals surface area contributed by atoms with E-state index in [1.165, 1.54) is 6.07 Å². The monoisotopic (exact) mass is 290 g/mol. The van der Waals surface area contributed by atoms with Crippen LogP contribution in [0.4, 0.5) is 4.39 Å². The maximum atomic E-state index is 14.2. The fraction of sp³-hybridized carbons (Fsp3) is 0.438. The number of furan rings is 1. The molecule has 0 saturated carbocycles. The van der Waals surface area contributed by atoms with E-state index in [0.717, 1.165) is 10.8 Å². The highest BCUT2D eigenvalue weighted by atomic mass is 28.3. The van der Waals surface area contributed by atoms with Gasteiger partial charge >= 0.3 is 0 Å². The lowest BCUT2D eigenvalue weighted by atomic mass is 9.89. The van der Waals surface area contributed by atoms with Gasteiger partial charge in [0.2, 0.25) is 0 Å². The highest BCUT2D eigenvalue weighted by Crippen LogP contribution is 2.41. The summed E-state index contributed by atoms with van der Waals surface area (Å²) in [5.41, 5.74) is 1.08. The first-order valence-corrected chi connectivity index (χ1v) is 10.4. The Morgan fingerprint density at radius 2 is 1.90 bits per heavy atom. The number of rotatable bonds is 1. The number of fused-ring (bicyclic) bond motifs is 3. The lowest BCUT2D eigenvalue weighted by Crippen LogP contribution is -2.36. The Kier molecular flexibility index (Phi) is 2.59. The molecule has 0 radical (unpaired) electrons. The van der Waals surface area contributed by atoms with Crippen molar-refractivity contribution in [1.82, 2.24) is 0 Å². The summed E-state index contributed by atoms with van der Waals surface area (Å²) in [6, 6.07) is 3.39. The summed E-state index contributed by atoms with van der Waals surface area (Å²) in [6.07, 6.45) is 0.469. The Morgan fingerprint density at radius 1 is 1.25 bits per heavy atom. The van der Waals surface area contributed by atoms with Crippen LogP contribution in [-0.4, -0.2) is 13.9 Å². The molecule has 1 aromatic heterocycles. The van der Waals surface area contributed by atoms with Gasteiger partial charge in [0.15, 0.2) is 5.78 Å².